The minimum absolute atomic E-state index is 0.862. The van der Waals surface area contributed by atoms with Crippen LogP contribution >= 0.6 is 0 Å². The molecule has 0 aliphatic carbocycles. The fourth-order valence-corrected chi connectivity index (χ4v) is 9.15. The standard InChI is InChI=1S/C54H34N2O/c1-2-17-38(18-3-1)56-50-24-11-10-22-46(50)48-33-39(26-29-52(48)56)55(40-25-27-47-49-31-36-14-4-5-15-37(36)32-53(49)57-54(47)34-40)51-30-28-44(43-20-8-9-21-45(43)51)42-23-12-16-35-13-6-7-19-41(35)42/h1-34H. The van der Waals surface area contributed by atoms with Crippen molar-refractivity contribution in [2.75, 3.05) is 4.90 Å². The molecule has 2 aromatic heterocycles. The van der Waals surface area contributed by atoms with Crippen LogP contribution in [0.2, 0.25) is 0 Å². The summed E-state index contributed by atoms with van der Waals surface area (Å²) in [4.78, 5) is 2.41. The molecule has 12 rings (SSSR count). The van der Waals surface area contributed by atoms with Gasteiger partial charge in [0.25, 0.3) is 0 Å². The molecular formula is C54H34N2O. The van der Waals surface area contributed by atoms with Gasteiger partial charge in [-0.2, -0.15) is 0 Å². The van der Waals surface area contributed by atoms with Gasteiger partial charge in [-0.3, -0.25) is 0 Å². The quantitative estimate of drug-likeness (QED) is 0.176. The Morgan fingerprint density at radius 3 is 1.81 bits per heavy atom. The Balaban J connectivity index is 1.12. The maximum atomic E-state index is 6.68. The van der Waals surface area contributed by atoms with Crippen LogP contribution in [0.5, 0.6) is 0 Å². The van der Waals surface area contributed by atoms with E-state index < -0.39 is 0 Å². The molecular weight excluding hydrogens is 693 g/mol. The predicted molar refractivity (Wildman–Crippen MR) is 241 cm³/mol. The lowest BCUT2D eigenvalue weighted by molar-refractivity contribution is 0.669. The Morgan fingerprint density at radius 2 is 0.947 bits per heavy atom. The van der Waals surface area contributed by atoms with Crippen molar-refractivity contribution >= 4 is 93.1 Å². The van der Waals surface area contributed by atoms with Crippen molar-refractivity contribution in [3.05, 3.63) is 206 Å². The van der Waals surface area contributed by atoms with Crippen LogP contribution in [0.15, 0.2) is 211 Å². The van der Waals surface area contributed by atoms with Crippen molar-refractivity contribution in [3.63, 3.8) is 0 Å². The zero-order valence-corrected chi connectivity index (χ0v) is 30.9. The first-order valence-electron chi connectivity index (χ1n) is 19.5. The van der Waals surface area contributed by atoms with Gasteiger partial charge in [-0.1, -0.05) is 133 Å². The van der Waals surface area contributed by atoms with E-state index in [4.69, 9.17) is 4.42 Å². The molecule has 0 radical (unpaired) electrons. The van der Waals surface area contributed by atoms with Gasteiger partial charge in [-0.05, 0) is 105 Å². The normalized spacial score (nSPS) is 11.9. The molecule has 12 aromatic rings. The molecule has 266 valence electrons. The summed E-state index contributed by atoms with van der Waals surface area (Å²) in [6.07, 6.45) is 0. The third-order valence-electron chi connectivity index (χ3n) is 11.7. The van der Waals surface area contributed by atoms with Crippen LogP contribution in [0.3, 0.4) is 0 Å². The lowest BCUT2D eigenvalue weighted by Crippen LogP contribution is -2.10. The van der Waals surface area contributed by atoms with E-state index in [1.807, 2.05) is 0 Å². The van der Waals surface area contributed by atoms with Gasteiger partial charge in [0, 0.05) is 50.1 Å². The summed E-state index contributed by atoms with van der Waals surface area (Å²) in [6.45, 7) is 0. The van der Waals surface area contributed by atoms with E-state index in [9.17, 15) is 0 Å². The molecule has 3 nitrogen and oxygen atoms in total. The van der Waals surface area contributed by atoms with Gasteiger partial charge >= 0.3 is 0 Å². The summed E-state index contributed by atoms with van der Waals surface area (Å²) in [5, 5.41) is 11.9. The number of benzene rings is 10. The first-order chi connectivity index (χ1) is 28.3. The highest BCUT2D eigenvalue weighted by Crippen LogP contribution is 2.46. The number of hydrogen-bond acceptors (Lipinski definition) is 2. The second-order valence-electron chi connectivity index (χ2n) is 14.9. The van der Waals surface area contributed by atoms with Crippen LogP contribution in [0.4, 0.5) is 17.1 Å². The Morgan fingerprint density at radius 1 is 0.333 bits per heavy atom. The molecule has 0 unspecified atom stereocenters. The van der Waals surface area contributed by atoms with Gasteiger partial charge in [-0.15, -0.1) is 0 Å². The summed E-state index contributed by atoms with van der Waals surface area (Å²) >= 11 is 0. The SMILES string of the molecule is c1ccc(-n2c3ccccc3c3cc(N(c4ccc5c(c4)oc4cc6ccccc6cc45)c4ccc(-c5cccc6ccccc56)c5ccccc45)ccc32)cc1. The molecule has 0 saturated carbocycles. The molecule has 2 heterocycles. The summed E-state index contributed by atoms with van der Waals surface area (Å²) in [6, 6.07) is 74.6. The van der Waals surface area contributed by atoms with E-state index in [0.717, 1.165) is 44.7 Å². The number of aromatic nitrogens is 1. The molecule has 57 heavy (non-hydrogen) atoms. The van der Waals surface area contributed by atoms with Gasteiger partial charge in [0.1, 0.15) is 11.2 Å². The molecule has 0 aliphatic rings. The van der Waals surface area contributed by atoms with Crippen molar-refractivity contribution in [2.24, 2.45) is 0 Å². The molecule has 10 aromatic carbocycles. The van der Waals surface area contributed by atoms with Gasteiger partial charge in [-0.25, -0.2) is 0 Å². The van der Waals surface area contributed by atoms with Crippen LogP contribution in [0.25, 0.3) is 92.9 Å². The second-order valence-corrected chi connectivity index (χ2v) is 14.9. The van der Waals surface area contributed by atoms with Crippen molar-refractivity contribution in [2.45, 2.75) is 0 Å². The first kappa shape index (κ1) is 31.7. The lowest BCUT2D eigenvalue weighted by Gasteiger charge is -2.28. The predicted octanol–water partition coefficient (Wildman–Crippen LogP) is 15.3. The smallest absolute Gasteiger partial charge is 0.137 e. The third-order valence-corrected chi connectivity index (χ3v) is 11.7. The fraction of sp³-hybridized carbons (Fsp3) is 0. The Hall–Kier alpha value is -7.62. The van der Waals surface area contributed by atoms with Crippen molar-refractivity contribution in [1.82, 2.24) is 4.57 Å². The molecule has 3 heteroatoms. The molecule has 0 saturated heterocycles. The van der Waals surface area contributed by atoms with Crippen LogP contribution in [0, 0.1) is 0 Å². The highest BCUT2D eigenvalue weighted by atomic mass is 16.3. The largest absolute Gasteiger partial charge is 0.456 e. The minimum atomic E-state index is 0.862. The number of para-hydroxylation sites is 2. The molecule has 0 bridgehead atoms. The topological polar surface area (TPSA) is 21.3 Å². The van der Waals surface area contributed by atoms with Crippen molar-refractivity contribution < 1.29 is 4.42 Å². The maximum absolute atomic E-state index is 6.68. The first-order valence-corrected chi connectivity index (χ1v) is 19.5. The second kappa shape index (κ2) is 12.5. The number of hydrogen-bond donors (Lipinski definition) is 0. The molecule has 0 spiro atoms. The zero-order chi connectivity index (χ0) is 37.5. The van der Waals surface area contributed by atoms with Crippen LogP contribution < -0.4 is 4.90 Å². The van der Waals surface area contributed by atoms with Gasteiger partial charge in [0.05, 0.1) is 16.7 Å². The number of rotatable bonds is 5. The van der Waals surface area contributed by atoms with E-state index in [1.165, 1.54) is 65.3 Å². The van der Waals surface area contributed by atoms with Crippen LogP contribution in [-0.2, 0) is 0 Å². The summed E-state index contributed by atoms with van der Waals surface area (Å²) in [5.74, 6) is 0. The van der Waals surface area contributed by atoms with E-state index in [-0.39, 0.29) is 0 Å². The van der Waals surface area contributed by atoms with E-state index in [2.05, 4.69) is 216 Å². The number of fused-ring (bicyclic) bond motifs is 9. The van der Waals surface area contributed by atoms with Crippen LogP contribution in [-0.4, -0.2) is 4.57 Å². The van der Waals surface area contributed by atoms with Crippen molar-refractivity contribution in [1.29, 1.82) is 0 Å². The average Bonchev–Trinajstić information content (AvgIpc) is 3.80. The van der Waals surface area contributed by atoms with E-state index in [1.54, 1.807) is 0 Å². The Bertz CT molecular complexity index is 3530. The molecule has 0 atom stereocenters. The van der Waals surface area contributed by atoms with Gasteiger partial charge in [0.2, 0.25) is 0 Å². The Kier molecular flexibility index (Phi) is 6.93. The fourth-order valence-electron chi connectivity index (χ4n) is 9.15. The average molecular weight is 727 g/mol. The molecule has 0 amide bonds. The monoisotopic (exact) mass is 726 g/mol. The third kappa shape index (κ3) is 4.92. The van der Waals surface area contributed by atoms with Gasteiger partial charge in [0.15, 0.2) is 0 Å². The Labute approximate surface area is 328 Å². The van der Waals surface area contributed by atoms with E-state index in [0.29, 0.717) is 0 Å². The number of nitrogens with zero attached hydrogens (tertiary/aromatic N) is 2. The van der Waals surface area contributed by atoms with Crippen molar-refractivity contribution in [3.8, 4) is 16.8 Å². The van der Waals surface area contributed by atoms with Gasteiger partial charge < -0.3 is 13.9 Å². The number of anilines is 3. The minimum Gasteiger partial charge on any atom is -0.456 e. The molecule has 0 fully saturated rings. The molecule has 0 aliphatic heterocycles. The highest BCUT2D eigenvalue weighted by molar-refractivity contribution is 6.14. The summed E-state index contributed by atoms with van der Waals surface area (Å²) in [7, 11) is 0. The van der Waals surface area contributed by atoms with Crippen LogP contribution in [0.1, 0.15) is 0 Å². The summed E-state index contributed by atoms with van der Waals surface area (Å²) in [5.41, 5.74) is 10.9. The zero-order valence-electron chi connectivity index (χ0n) is 30.9. The highest BCUT2D eigenvalue weighted by Gasteiger charge is 2.22. The maximum Gasteiger partial charge on any atom is 0.137 e. The summed E-state index contributed by atoms with van der Waals surface area (Å²) < 4.78 is 9.05. The van der Waals surface area contributed by atoms with E-state index >= 15 is 0 Å². The number of furan rings is 1. The lowest BCUT2D eigenvalue weighted by atomic mass is 9.93. The molecule has 0 N–H and O–H groups in total.